The van der Waals surface area contributed by atoms with Crippen molar-refractivity contribution in [2.24, 2.45) is 5.92 Å². The topological polar surface area (TPSA) is 49.8 Å². The van der Waals surface area contributed by atoms with Crippen LogP contribution >= 0.6 is 23.2 Å². The number of ether oxygens (including phenoxy) is 1. The summed E-state index contributed by atoms with van der Waals surface area (Å²) >= 11 is 12.2. The number of rotatable bonds is 5. The van der Waals surface area contributed by atoms with Crippen molar-refractivity contribution in [2.75, 3.05) is 13.2 Å². The lowest BCUT2D eigenvalue weighted by Gasteiger charge is -2.30. The smallest absolute Gasteiger partial charge is 0.410 e. The molecule has 2 atom stereocenters. The van der Waals surface area contributed by atoms with E-state index in [4.69, 9.17) is 27.9 Å². The van der Waals surface area contributed by atoms with E-state index in [1.165, 1.54) is 19.3 Å². The van der Waals surface area contributed by atoms with E-state index >= 15 is 0 Å². The van der Waals surface area contributed by atoms with Crippen LogP contribution < -0.4 is 0 Å². The van der Waals surface area contributed by atoms with Crippen molar-refractivity contribution in [1.82, 2.24) is 4.90 Å². The van der Waals surface area contributed by atoms with Crippen LogP contribution in [0.1, 0.15) is 50.1 Å². The molecule has 1 heterocycles. The maximum atomic E-state index is 12.4. The number of nitrogens with zero attached hydrogens (tertiary/aromatic N) is 1. The molecule has 1 saturated carbocycles. The fraction of sp³-hybridized carbons (Fsp3) is 0.611. The molecule has 24 heavy (non-hydrogen) atoms. The van der Waals surface area contributed by atoms with Gasteiger partial charge in [-0.25, -0.2) is 4.79 Å². The van der Waals surface area contributed by atoms with Crippen molar-refractivity contribution in [2.45, 2.75) is 50.7 Å². The van der Waals surface area contributed by atoms with Crippen LogP contribution in [0.4, 0.5) is 4.79 Å². The molecule has 0 bridgehead atoms. The van der Waals surface area contributed by atoms with E-state index in [1.54, 1.807) is 12.1 Å². The molecule has 1 aromatic carbocycles. The number of carbonyl (C=O) groups is 1. The van der Waals surface area contributed by atoms with E-state index in [2.05, 4.69) is 0 Å². The van der Waals surface area contributed by atoms with Gasteiger partial charge in [-0.15, -0.1) is 0 Å². The van der Waals surface area contributed by atoms with Gasteiger partial charge in [0.2, 0.25) is 0 Å². The van der Waals surface area contributed by atoms with Gasteiger partial charge in [0.25, 0.3) is 0 Å². The zero-order chi connectivity index (χ0) is 17.1. The first kappa shape index (κ1) is 17.8. The van der Waals surface area contributed by atoms with Crippen LogP contribution in [0.5, 0.6) is 0 Å². The van der Waals surface area contributed by atoms with Gasteiger partial charge < -0.3 is 9.84 Å². The molecule has 1 aromatic rings. The minimum Gasteiger partial charge on any atom is -0.443 e. The summed E-state index contributed by atoms with van der Waals surface area (Å²) < 4.78 is 5.54. The fourth-order valence-corrected chi connectivity index (χ4v) is 4.15. The van der Waals surface area contributed by atoms with Crippen molar-refractivity contribution in [3.63, 3.8) is 0 Å². The molecule has 4 nitrogen and oxygen atoms in total. The minimum atomic E-state index is -0.358. The number of benzene rings is 1. The Labute approximate surface area is 152 Å². The zero-order valence-corrected chi connectivity index (χ0v) is 15.1. The number of halogens is 2. The monoisotopic (exact) mass is 371 g/mol. The Bertz CT molecular complexity index is 590. The van der Waals surface area contributed by atoms with Gasteiger partial charge in [-0.05, 0) is 36.5 Å². The van der Waals surface area contributed by atoms with E-state index in [9.17, 15) is 9.90 Å². The maximum absolute atomic E-state index is 12.4. The summed E-state index contributed by atoms with van der Waals surface area (Å²) in [5, 5.41) is 10.3. The molecule has 1 amide bonds. The van der Waals surface area contributed by atoms with Crippen LogP contribution in [0.25, 0.3) is 0 Å². The second-order valence-corrected chi connectivity index (χ2v) is 7.52. The van der Waals surface area contributed by atoms with E-state index < -0.39 is 0 Å². The molecule has 2 aliphatic rings. The first-order valence-electron chi connectivity index (χ1n) is 8.63. The predicted molar refractivity (Wildman–Crippen MR) is 94.5 cm³/mol. The Kier molecular flexibility index (Phi) is 5.90. The second kappa shape index (κ2) is 7.94. The lowest BCUT2D eigenvalue weighted by atomic mass is 9.88. The third kappa shape index (κ3) is 3.81. The van der Waals surface area contributed by atoms with Crippen molar-refractivity contribution < 1.29 is 14.6 Å². The number of aliphatic hydroxyl groups excluding tert-OH is 1. The number of hydrogen-bond donors (Lipinski definition) is 1. The molecular weight excluding hydrogens is 349 g/mol. The van der Waals surface area contributed by atoms with Gasteiger partial charge in [0.1, 0.15) is 6.10 Å². The quantitative estimate of drug-likeness (QED) is 0.806. The average molecular weight is 372 g/mol. The normalized spacial score (nSPS) is 25.1. The second-order valence-electron chi connectivity index (χ2n) is 6.71. The van der Waals surface area contributed by atoms with E-state index in [1.807, 2.05) is 11.0 Å². The third-order valence-corrected chi connectivity index (χ3v) is 5.79. The number of aliphatic hydroxyl groups is 1. The Morgan fingerprint density at radius 3 is 2.58 bits per heavy atom. The summed E-state index contributed by atoms with van der Waals surface area (Å²) in [6.45, 7) is 0.679. The molecule has 1 N–H and O–H groups in total. The highest BCUT2D eigenvalue weighted by Gasteiger charge is 2.43. The SMILES string of the molecule is O=C1O[C@H](CCO)C(c2ccc(Cl)c(Cl)c2)N1CC1CCCCC1. The standard InChI is InChI=1S/C18H23Cl2NO3/c19-14-7-6-13(10-15(14)20)17-16(8-9-22)24-18(23)21(17)11-12-4-2-1-3-5-12/h6-7,10,12,16-17,22H,1-5,8-9,11H2/t16-,17?/m1/s1. The van der Waals surface area contributed by atoms with Crippen LogP contribution in [0, 0.1) is 5.92 Å². The van der Waals surface area contributed by atoms with E-state index in [0.717, 1.165) is 18.4 Å². The Morgan fingerprint density at radius 1 is 1.17 bits per heavy atom. The third-order valence-electron chi connectivity index (χ3n) is 5.05. The fourth-order valence-electron chi connectivity index (χ4n) is 3.85. The Morgan fingerprint density at radius 2 is 1.92 bits per heavy atom. The number of cyclic esters (lactones) is 1. The lowest BCUT2D eigenvalue weighted by molar-refractivity contribution is 0.110. The molecule has 2 fully saturated rings. The number of carbonyl (C=O) groups excluding carboxylic acids is 1. The summed E-state index contributed by atoms with van der Waals surface area (Å²) in [6, 6.07) is 5.21. The molecule has 6 heteroatoms. The summed E-state index contributed by atoms with van der Waals surface area (Å²) in [7, 11) is 0. The van der Waals surface area contributed by atoms with Crippen molar-refractivity contribution in [3.05, 3.63) is 33.8 Å². The first-order valence-corrected chi connectivity index (χ1v) is 9.39. The summed E-state index contributed by atoms with van der Waals surface area (Å²) in [5.74, 6) is 0.518. The summed E-state index contributed by atoms with van der Waals surface area (Å²) in [4.78, 5) is 14.2. The van der Waals surface area contributed by atoms with Crippen LogP contribution in [-0.2, 0) is 4.74 Å². The van der Waals surface area contributed by atoms with Gasteiger partial charge >= 0.3 is 6.09 Å². The Hall–Kier alpha value is -0.970. The first-order chi connectivity index (χ1) is 11.6. The number of hydrogen-bond acceptors (Lipinski definition) is 3. The minimum absolute atomic E-state index is 0.0208. The van der Waals surface area contributed by atoms with Gasteiger partial charge in [0, 0.05) is 19.6 Å². The van der Waals surface area contributed by atoms with Crippen LogP contribution in [0.3, 0.4) is 0 Å². The highest BCUT2D eigenvalue weighted by atomic mass is 35.5. The molecule has 1 unspecified atom stereocenters. The van der Waals surface area contributed by atoms with Crippen molar-refractivity contribution in [1.29, 1.82) is 0 Å². The average Bonchev–Trinajstić information content (AvgIpc) is 2.87. The van der Waals surface area contributed by atoms with Crippen LogP contribution in [0.15, 0.2) is 18.2 Å². The number of amides is 1. The lowest BCUT2D eigenvalue weighted by Crippen LogP contribution is -2.35. The molecule has 0 aromatic heterocycles. The zero-order valence-electron chi connectivity index (χ0n) is 13.6. The summed E-state index contributed by atoms with van der Waals surface area (Å²) in [5.41, 5.74) is 0.907. The molecule has 0 spiro atoms. The van der Waals surface area contributed by atoms with Crippen LogP contribution in [0.2, 0.25) is 10.0 Å². The molecule has 3 rings (SSSR count). The highest BCUT2D eigenvalue weighted by Crippen LogP contribution is 2.39. The van der Waals surface area contributed by atoms with Gasteiger partial charge in [-0.2, -0.15) is 0 Å². The molecule has 132 valence electrons. The van der Waals surface area contributed by atoms with Crippen LogP contribution in [-0.4, -0.2) is 35.4 Å². The maximum Gasteiger partial charge on any atom is 0.410 e. The molecule has 0 radical (unpaired) electrons. The highest BCUT2D eigenvalue weighted by molar-refractivity contribution is 6.42. The van der Waals surface area contributed by atoms with E-state index in [0.29, 0.717) is 28.9 Å². The molecule has 1 aliphatic heterocycles. The van der Waals surface area contributed by atoms with Gasteiger partial charge in [0.05, 0.1) is 16.1 Å². The molecular formula is C18H23Cl2NO3. The van der Waals surface area contributed by atoms with E-state index in [-0.39, 0.29) is 24.8 Å². The van der Waals surface area contributed by atoms with Crippen molar-refractivity contribution in [3.8, 4) is 0 Å². The summed E-state index contributed by atoms with van der Waals surface area (Å²) in [6.07, 6.45) is 5.81. The molecule has 1 aliphatic carbocycles. The van der Waals surface area contributed by atoms with Gasteiger partial charge in [0.15, 0.2) is 0 Å². The Balaban J connectivity index is 1.85. The predicted octanol–water partition coefficient (Wildman–Crippen LogP) is 4.82. The van der Waals surface area contributed by atoms with Gasteiger partial charge in [-0.1, -0.05) is 48.5 Å². The van der Waals surface area contributed by atoms with Gasteiger partial charge in [-0.3, -0.25) is 4.90 Å². The largest absolute Gasteiger partial charge is 0.443 e. The molecule has 1 saturated heterocycles. The van der Waals surface area contributed by atoms with Crippen molar-refractivity contribution >= 4 is 29.3 Å².